The molecule has 1 fully saturated rings. The molecule has 0 radical (unpaired) electrons. The van der Waals surface area contributed by atoms with Gasteiger partial charge in [0.15, 0.2) is 18.1 Å². The lowest BCUT2D eigenvalue weighted by Crippen LogP contribution is -2.54. The third-order valence-electron chi connectivity index (χ3n) is 4.06. The van der Waals surface area contributed by atoms with E-state index in [0.717, 1.165) is 4.90 Å². The second-order valence-corrected chi connectivity index (χ2v) is 6.67. The number of imide groups is 2. The van der Waals surface area contributed by atoms with Crippen molar-refractivity contribution >= 4 is 52.8 Å². The topological polar surface area (TPSA) is 109 Å². The van der Waals surface area contributed by atoms with Gasteiger partial charge in [0, 0.05) is 0 Å². The predicted molar refractivity (Wildman–Crippen MR) is 110 cm³/mol. The molecule has 1 saturated heterocycles. The summed E-state index contributed by atoms with van der Waals surface area (Å²) >= 11 is 12.1. The van der Waals surface area contributed by atoms with E-state index in [4.69, 9.17) is 37.9 Å². The summed E-state index contributed by atoms with van der Waals surface area (Å²) in [6, 6.07) is 9.99. The van der Waals surface area contributed by atoms with Gasteiger partial charge in [0.2, 0.25) is 0 Å². The fourth-order valence-electron chi connectivity index (χ4n) is 2.71. The first-order valence-electron chi connectivity index (χ1n) is 8.40. The van der Waals surface area contributed by atoms with Crippen LogP contribution in [0, 0.1) is 11.3 Å². The highest BCUT2D eigenvalue weighted by Gasteiger charge is 2.38. The largest absolute Gasteiger partial charge is 0.493 e. The van der Waals surface area contributed by atoms with Crippen LogP contribution >= 0.6 is 23.2 Å². The van der Waals surface area contributed by atoms with Crippen LogP contribution in [0.25, 0.3) is 6.08 Å². The number of nitrogens with one attached hydrogen (secondary N) is 1. The molecule has 0 bridgehead atoms. The average molecular weight is 446 g/mol. The molecule has 30 heavy (non-hydrogen) atoms. The zero-order chi connectivity index (χ0) is 21.8. The highest BCUT2D eigenvalue weighted by molar-refractivity contribution is 6.46. The van der Waals surface area contributed by atoms with Gasteiger partial charge in [-0.2, -0.15) is 5.26 Å². The van der Waals surface area contributed by atoms with Crippen molar-refractivity contribution in [2.24, 2.45) is 0 Å². The van der Waals surface area contributed by atoms with E-state index in [2.05, 4.69) is 5.32 Å². The maximum Gasteiger partial charge on any atom is 0.336 e. The number of rotatable bonds is 5. The molecule has 4 amide bonds. The summed E-state index contributed by atoms with van der Waals surface area (Å²) in [5.41, 5.74) is 0.183. The number of amides is 4. The van der Waals surface area contributed by atoms with Crippen LogP contribution in [0.5, 0.6) is 11.5 Å². The fourth-order valence-corrected chi connectivity index (χ4v) is 3.09. The van der Waals surface area contributed by atoms with Gasteiger partial charge in [-0.05, 0) is 35.9 Å². The van der Waals surface area contributed by atoms with Gasteiger partial charge < -0.3 is 9.47 Å². The van der Waals surface area contributed by atoms with Crippen molar-refractivity contribution in [1.29, 1.82) is 5.26 Å². The Bertz CT molecular complexity index is 1120. The zero-order valence-electron chi connectivity index (χ0n) is 15.4. The van der Waals surface area contributed by atoms with Crippen LogP contribution < -0.4 is 19.7 Å². The van der Waals surface area contributed by atoms with E-state index in [0.29, 0.717) is 17.1 Å². The number of ether oxygens (including phenoxy) is 2. The monoisotopic (exact) mass is 445 g/mol. The van der Waals surface area contributed by atoms with Gasteiger partial charge in [0.25, 0.3) is 11.8 Å². The van der Waals surface area contributed by atoms with Gasteiger partial charge >= 0.3 is 6.03 Å². The molecule has 0 atom stereocenters. The summed E-state index contributed by atoms with van der Waals surface area (Å²) in [6.07, 6.45) is 1.30. The number of nitrogens with zero attached hydrogens (tertiary/aromatic N) is 2. The molecule has 0 aromatic heterocycles. The van der Waals surface area contributed by atoms with Crippen LogP contribution in [0.2, 0.25) is 10.0 Å². The lowest BCUT2D eigenvalue weighted by molar-refractivity contribution is -0.122. The quantitative estimate of drug-likeness (QED) is 0.556. The zero-order valence-corrected chi connectivity index (χ0v) is 17.0. The summed E-state index contributed by atoms with van der Waals surface area (Å²) in [6.45, 7) is -0.171. The lowest BCUT2D eigenvalue weighted by atomic mass is 10.1. The Hall–Kier alpha value is -3.54. The number of anilines is 1. The average Bonchev–Trinajstić information content (AvgIpc) is 2.72. The van der Waals surface area contributed by atoms with Gasteiger partial charge in [0.1, 0.15) is 11.6 Å². The van der Waals surface area contributed by atoms with Crippen molar-refractivity contribution in [3.63, 3.8) is 0 Å². The van der Waals surface area contributed by atoms with E-state index < -0.39 is 17.8 Å². The Kier molecular flexibility index (Phi) is 6.26. The minimum Gasteiger partial charge on any atom is -0.493 e. The lowest BCUT2D eigenvalue weighted by Gasteiger charge is -2.27. The number of hydrogen-bond acceptors (Lipinski definition) is 6. The standard InChI is InChI=1S/C20H13Cl2N3O5/c1-29-16-10-11(5-6-15(16)30-8-7-23)9-12-18(26)24-20(28)25(19(12)27)14-4-2-3-13(21)17(14)22/h2-6,9-10H,8H2,1H3,(H,24,26,28). The number of nitriles is 1. The Morgan fingerprint density at radius 1 is 1.17 bits per heavy atom. The molecule has 2 aromatic rings. The molecule has 1 heterocycles. The van der Waals surface area contributed by atoms with E-state index in [1.807, 2.05) is 6.07 Å². The molecule has 0 saturated carbocycles. The molecule has 8 nitrogen and oxygen atoms in total. The first kappa shape index (κ1) is 21.2. The van der Waals surface area contributed by atoms with E-state index in [1.54, 1.807) is 6.07 Å². The second-order valence-electron chi connectivity index (χ2n) is 5.89. The van der Waals surface area contributed by atoms with Crippen molar-refractivity contribution in [3.05, 3.63) is 57.6 Å². The van der Waals surface area contributed by atoms with Crippen LogP contribution in [-0.4, -0.2) is 31.6 Å². The van der Waals surface area contributed by atoms with Gasteiger partial charge in [-0.25, -0.2) is 9.69 Å². The number of hydrogen-bond donors (Lipinski definition) is 1. The smallest absolute Gasteiger partial charge is 0.336 e. The highest BCUT2D eigenvalue weighted by Crippen LogP contribution is 2.35. The summed E-state index contributed by atoms with van der Waals surface area (Å²) in [5, 5.41) is 10.9. The summed E-state index contributed by atoms with van der Waals surface area (Å²) in [5.74, 6) is -1.10. The van der Waals surface area contributed by atoms with E-state index in [-0.39, 0.29) is 27.9 Å². The normalized spacial score (nSPS) is 15.1. The van der Waals surface area contributed by atoms with Crippen molar-refractivity contribution in [2.45, 2.75) is 0 Å². The minimum atomic E-state index is -0.941. The molecule has 3 rings (SSSR count). The number of halogens is 2. The SMILES string of the molecule is COc1cc(C=C2C(=O)NC(=O)N(c3cccc(Cl)c3Cl)C2=O)ccc1OCC#N. The Labute approximate surface area is 181 Å². The van der Waals surface area contributed by atoms with Gasteiger partial charge in [-0.3, -0.25) is 14.9 Å². The van der Waals surface area contributed by atoms with Crippen molar-refractivity contribution in [3.8, 4) is 17.6 Å². The van der Waals surface area contributed by atoms with Crippen LogP contribution in [0.4, 0.5) is 10.5 Å². The van der Waals surface area contributed by atoms with Crippen molar-refractivity contribution in [1.82, 2.24) is 5.32 Å². The van der Waals surface area contributed by atoms with Crippen molar-refractivity contribution in [2.75, 3.05) is 18.6 Å². The predicted octanol–water partition coefficient (Wildman–Crippen LogP) is 3.57. The molecular formula is C20H13Cl2N3O5. The van der Waals surface area contributed by atoms with Crippen LogP contribution in [0.3, 0.4) is 0 Å². The van der Waals surface area contributed by atoms with Gasteiger partial charge in [-0.15, -0.1) is 0 Å². The third kappa shape index (κ3) is 4.08. The number of carbonyl (C=O) groups is 3. The maximum atomic E-state index is 13.0. The van der Waals surface area contributed by atoms with Gasteiger partial charge in [0.05, 0.1) is 22.8 Å². The number of carbonyl (C=O) groups excluding carboxylic acids is 3. The molecular weight excluding hydrogens is 433 g/mol. The Balaban J connectivity index is 2.01. The molecule has 152 valence electrons. The molecule has 1 N–H and O–H groups in total. The molecule has 1 aliphatic heterocycles. The fraction of sp³-hybridized carbons (Fsp3) is 0.100. The third-order valence-corrected chi connectivity index (χ3v) is 4.87. The van der Waals surface area contributed by atoms with E-state index >= 15 is 0 Å². The first-order chi connectivity index (χ1) is 14.4. The molecule has 1 aliphatic rings. The van der Waals surface area contributed by atoms with Crippen LogP contribution in [0.15, 0.2) is 42.0 Å². The molecule has 0 aliphatic carbocycles. The summed E-state index contributed by atoms with van der Waals surface area (Å²) in [7, 11) is 1.41. The molecule has 0 unspecified atom stereocenters. The Morgan fingerprint density at radius 3 is 2.63 bits per heavy atom. The highest BCUT2D eigenvalue weighted by atomic mass is 35.5. The second kappa shape index (κ2) is 8.86. The first-order valence-corrected chi connectivity index (χ1v) is 9.16. The maximum absolute atomic E-state index is 13.0. The Morgan fingerprint density at radius 2 is 1.93 bits per heavy atom. The number of urea groups is 1. The van der Waals surface area contributed by atoms with E-state index in [1.165, 1.54) is 43.5 Å². The van der Waals surface area contributed by atoms with Crippen LogP contribution in [-0.2, 0) is 9.59 Å². The van der Waals surface area contributed by atoms with Crippen molar-refractivity contribution < 1.29 is 23.9 Å². The number of benzene rings is 2. The van der Waals surface area contributed by atoms with Crippen LogP contribution in [0.1, 0.15) is 5.56 Å². The number of barbiturate groups is 1. The molecule has 2 aromatic carbocycles. The minimum absolute atomic E-state index is 0.00275. The number of methoxy groups -OCH3 is 1. The summed E-state index contributed by atoms with van der Waals surface area (Å²) < 4.78 is 10.5. The molecule has 10 heteroatoms. The van der Waals surface area contributed by atoms with E-state index in [9.17, 15) is 14.4 Å². The summed E-state index contributed by atoms with van der Waals surface area (Å²) in [4.78, 5) is 38.3. The molecule has 0 spiro atoms. The van der Waals surface area contributed by atoms with Gasteiger partial charge in [-0.1, -0.05) is 35.3 Å².